The van der Waals surface area contributed by atoms with E-state index in [1.54, 1.807) is 0 Å². The first-order valence-electron chi connectivity index (χ1n) is 5.87. The normalized spacial score (nSPS) is 10.4. The third-order valence-corrected chi connectivity index (χ3v) is 3.28. The molecule has 0 fully saturated rings. The Kier molecular flexibility index (Phi) is 4.46. The van der Waals surface area contributed by atoms with Gasteiger partial charge in [-0.05, 0) is 11.4 Å². The Balaban J connectivity index is 1.88. The number of nitrogens with zero attached hydrogens (tertiary/aromatic N) is 3. The van der Waals surface area contributed by atoms with E-state index in [1.807, 2.05) is 16.8 Å². The molecule has 106 valence electrons. The minimum Gasteiger partial charge on any atom is -0.480 e. The second-order valence-corrected chi connectivity index (χ2v) is 4.95. The van der Waals surface area contributed by atoms with E-state index in [9.17, 15) is 9.59 Å². The van der Waals surface area contributed by atoms with Gasteiger partial charge in [0.1, 0.15) is 6.54 Å². The smallest absolute Gasteiger partial charge is 0.323 e. The van der Waals surface area contributed by atoms with Crippen LogP contribution in [0.4, 0.5) is 0 Å². The van der Waals surface area contributed by atoms with Crippen LogP contribution in [0.3, 0.4) is 0 Å². The summed E-state index contributed by atoms with van der Waals surface area (Å²) in [5, 5.41) is 16.2. The van der Waals surface area contributed by atoms with Crippen LogP contribution in [0.2, 0.25) is 0 Å². The Morgan fingerprint density at radius 3 is 2.95 bits per heavy atom. The molecule has 0 radical (unpaired) electrons. The second kappa shape index (κ2) is 6.29. The lowest BCUT2D eigenvalue weighted by Gasteiger charge is -2.13. The molecule has 20 heavy (non-hydrogen) atoms. The van der Waals surface area contributed by atoms with Crippen LogP contribution in [0.5, 0.6) is 0 Å². The van der Waals surface area contributed by atoms with Crippen LogP contribution in [0.15, 0.2) is 21.3 Å². The van der Waals surface area contributed by atoms with Gasteiger partial charge in [0.15, 0.2) is 0 Å². The molecule has 1 N–H and O–H groups in total. The number of thiophene rings is 1. The number of aliphatic carboxylic acids is 1. The van der Waals surface area contributed by atoms with E-state index in [2.05, 4.69) is 10.1 Å². The monoisotopic (exact) mass is 295 g/mol. The predicted molar refractivity (Wildman–Crippen MR) is 71.2 cm³/mol. The van der Waals surface area contributed by atoms with Crippen LogP contribution in [-0.2, 0) is 16.0 Å². The van der Waals surface area contributed by atoms with Crippen molar-refractivity contribution in [2.24, 2.45) is 0 Å². The molecule has 2 aromatic rings. The summed E-state index contributed by atoms with van der Waals surface area (Å²) in [6, 6.07) is 1.88. The summed E-state index contributed by atoms with van der Waals surface area (Å²) >= 11 is 1.53. The Morgan fingerprint density at radius 2 is 2.30 bits per heavy atom. The van der Waals surface area contributed by atoms with Crippen LogP contribution >= 0.6 is 11.3 Å². The Bertz CT molecular complexity index is 594. The molecule has 0 saturated heterocycles. The maximum absolute atomic E-state index is 11.7. The largest absolute Gasteiger partial charge is 0.480 e. The minimum atomic E-state index is -1.04. The van der Waals surface area contributed by atoms with Crippen LogP contribution in [0.25, 0.3) is 11.4 Å². The van der Waals surface area contributed by atoms with E-state index in [4.69, 9.17) is 9.63 Å². The molecular formula is C12H13N3O4S. The van der Waals surface area contributed by atoms with Gasteiger partial charge in [0.2, 0.25) is 17.6 Å². The molecule has 2 rings (SSSR count). The molecule has 2 heterocycles. The van der Waals surface area contributed by atoms with Gasteiger partial charge in [-0.25, -0.2) is 0 Å². The fourth-order valence-electron chi connectivity index (χ4n) is 1.56. The topological polar surface area (TPSA) is 96.5 Å². The van der Waals surface area contributed by atoms with Crippen molar-refractivity contribution in [1.29, 1.82) is 0 Å². The van der Waals surface area contributed by atoms with Crippen LogP contribution in [0, 0.1) is 0 Å². The Labute approximate surface area is 118 Å². The van der Waals surface area contributed by atoms with Crippen molar-refractivity contribution < 1.29 is 19.2 Å². The van der Waals surface area contributed by atoms with E-state index >= 15 is 0 Å². The molecule has 0 aliphatic rings. The maximum atomic E-state index is 11.7. The zero-order valence-corrected chi connectivity index (χ0v) is 11.6. The lowest BCUT2D eigenvalue weighted by Crippen LogP contribution is -2.32. The van der Waals surface area contributed by atoms with Crippen molar-refractivity contribution in [1.82, 2.24) is 15.0 Å². The number of rotatable bonds is 6. The Morgan fingerprint density at radius 1 is 1.50 bits per heavy atom. The van der Waals surface area contributed by atoms with E-state index in [1.165, 1.54) is 18.4 Å². The molecule has 1 amide bonds. The third kappa shape index (κ3) is 3.64. The van der Waals surface area contributed by atoms with E-state index < -0.39 is 5.97 Å². The van der Waals surface area contributed by atoms with E-state index in [0.29, 0.717) is 18.1 Å². The number of aromatic nitrogens is 2. The zero-order chi connectivity index (χ0) is 14.5. The van der Waals surface area contributed by atoms with Crippen molar-refractivity contribution in [3.63, 3.8) is 0 Å². The zero-order valence-electron chi connectivity index (χ0n) is 10.8. The van der Waals surface area contributed by atoms with Gasteiger partial charge in [-0.2, -0.15) is 16.3 Å². The van der Waals surface area contributed by atoms with Gasteiger partial charge in [-0.1, -0.05) is 5.16 Å². The number of carbonyl (C=O) groups is 2. The number of amides is 1. The Hall–Kier alpha value is -2.22. The standard InChI is InChI=1S/C12H13N3O4S/c1-15(6-11(17)18)10(16)3-2-9-13-12(14-19-9)8-4-5-20-7-8/h4-5,7H,2-3,6H2,1H3,(H,17,18). The molecule has 8 heteroatoms. The van der Waals surface area contributed by atoms with Crippen LogP contribution in [-0.4, -0.2) is 45.6 Å². The van der Waals surface area contributed by atoms with E-state index in [0.717, 1.165) is 10.5 Å². The number of carboxylic acids is 1. The highest BCUT2D eigenvalue weighted by atomic mass is 32.1. The van der Waals surface area contributed by atoms with E-state index in [-0.39, 0.29) is 18.9 Å². The third-order valence-electron chi connectivity index (χ3n) is 2.60. The number of likely N-dealkylation sites (N-methyl/N-ethyl adjacent to an activating group) is 1. The fraction of sp³-hybridized carbons (Fsp3) is 0.333. The fourth-order valence-corrected chi connectivity index (χ4v) is 2.20. The van der Waals surface area contributed by atoms with Crippen LogP contribution < -0.4 is 0 Å². The van der Waals surface area contributed by atoms with Gasteiger partial charge in [0.05, 0.1) is 0 Å². The molecule has 0 aliphatic heterocycles. The van der Waals surface area contributed by atoms with Crippen molar-refractivity contribution in [2.45, 2.75) is 12.8 Å². The number of carboxylic acid groups (broad SMARTS) is 1. The van der Waals surface area contributed by atoms with Gasteiger partial charge >= 0.3 is 5.97 Å². The second-order valence-electron chi connectivity index (χ2n) is 4.17. The molecule has 0 unspecified atom stereocenters. The predicted octanol–water partition coefficient (Wildman–Crippen LogP) is 1.27. The molecule has 0 bridgehead atoms. The summed E-state index contributed by atoms with van der Waals surface area (Å²) in [6.07, 6.45) is 0.426. The molecule has 0 aliphatic carbocycles. The highest BCUT2D eigenvalue weighted by Crippen LogP contribution is 2.19. The van der Waals surface area contributed by atoms with Gasteiger partial charge in [-0.15, -0.1) is 0 Å². The summed E-state index contributed by atoms with van der Waals surface area (Å²) in [6.45, 7) is -0.317. The number of hydrogen-bond acceptors (Lipinski definition) is 6. The summed E-state index contributed by atoms with van der Waals surface area (Å²) in [4.78, 5) is 27.5. The van der Waals surface area contributed by atoms with Gasteiger partial charge in [0, 0.05) is 30.8 Å². The molecule has 0 atom stereocenters. The SMILES string of the molecule is CN(CC(=O)O)C(=O)CCc1nc(-c2ccsc2)no1. The highest BCUT2D eigenvalue weighted by Gasteiger charge is 2.15. The molecule has 7 nitrogen and oxygen atoms in total. The lowest BCUT2D eigenvalue weighted by molar-refractivity contribution is -0.143. The molecule has 2 aromatic heterocycles. The molecular weight excluding hydrogens is 282 g/mol. The van der Waals surface area contributed by atoms with Crippen molar-refractivity contribution >= 4 is 23.2 Å². The molecule has 0 saturated carbocycles. The van der Waals surface area contributed by atoms with Gasteiger partial charge in [0.25, 0.3) is 0 Å². The van der Waals surface area contributed by atoms with Gasteiger partial charge in [-0.3, -0.25) is 9.59 Å². The molecule has 0 spiro atoms. The first-order valence-corrected chi connectivity index (χ1v) is 6.81. The maximum Gasteiger partial charge on any atom is 0.323 e. The number of hydrogen-bond donors (Lipinski definition) is 1. The summed E-state index contributed by atoms with van der Waals surface area (Å²) in [5.74, 6) is -0.461. The van der Waals surface area contributed by atoms with Crippen molar-refractivity contribution in [3.05, 3.63) is 22.7 Å². The quantitative estimate of drug-likeness (QED) is 0.862. The summed E-state index contributed by atoms with van der Waals surface area (Å²) in [5.41, 5.74) is 0.874. The molecule has 0 aromatic carbocycles. The minimum absolute atomic E-state index is 0.134. The number of carbonyl (C=O) groups excluding carboxylic acids is 1. The van der Waals surface area contributed by atoms with Crippen LogP contribution in [0.1, 0.15) is 12.3 Å². The van der Waals surface area contributed by atoms with Gasteiger partial charge < -0.3 is 14.5 Å². The average molecular weight is 295 g/mol. The lowest BCUT2D eigenvalue weighted by atomic mass is 10.2. The van der Waals surface area contributed by atoms with Crippen molar-refractivity contribution in [2.75, 3.05) is 13.6 Å². The highest BCUT2D eigenvalue weighted by molar-refractivity contribution is 7.08. The van der Waals surface area contributed by atoms with Crippen molar-refractivity contribution in [3.8, 4) is 11.4 Å². The summed E-state index contributed by atoms with van der Waals surface area (Å²) < 4.78 is 5.06. The number of aryl methyl sites for hydroxylation is 1. The average Bonchev–Trinajstić information content (AvgIpc) is 3.05. The summed E-state index contributed by atoms with van der Waals surface area (Å²) in [7, 11) is 1.45. The first kappa shape index (κ1) is 14.2. The first-order chi connectivity index (χ1) is 9.56.